The Bertz CT molecular complexity index is 3230. The molecule has 0 atom stereocenters. The van der Waals surface area contributed by atoms with Crippen LogP contribution >= 0.6 is 0 Å². The maximum Gasteiger partial charge on any atom is 0.160 e. The lowest BCUT2D eigenvalue weighted by molar-refractivity contribution is 0.436. The van der Waals surface area contributed by atoms with Gasteiger partial charge in [0.2, 0.25) is 0 Å². The minimum atomic E-state index is -0.519. The zero-order chi connectivity index (χ0) is 38.2. The van der Waals surface area contributed by atoms with Crippen LogP contribution in [0.5, 0.6) is 11.5 Å². The fourth-order valence-electron chi connectivity index (χ4n) is 9.62. The normalized spacial score (nSPS) is 13.1. The quantitative estimate of drug-likeness (QED) is 0.169. The van der Waals surface area contributed by atoms with Crippen LogP contribution in [0.3, 0.4) is 0 Å². The summed E-state index contributed by atoms with van der Waals surface area (Å²) in [6.45, 7) is 0. The van der Waals surface area contributed by atoms with Gasteiger partial charge in [0.15, 0.2) is 5.82 Å². The predicted molar refractivity (Wildman–Crippen MR) is 236 cm³/mol. The number of aromatic nitrogens is 2. The van der Waals surface area contributed by atoms with Crippen molar-refractivity contribution in [2.24, 2.45) is 0 Å². The van der Waals surface area contributed by atoms with Crippen molar-refractivity contribution in [3.63, 3.8) is 0 Å². The fraction of sp³-hybridized carbons (Fsp3) is 0.0182. The molecule has 1 aliphatic heterocycles. The molecule has 3 nitrogen and oxygen atoms in total. The Morgan fingerprint density at radius 2 is 0.897 bits per heavy atom. The average Bonchev–Trinajstić information content (AvgIpc) is 3.59. The number of hydrogen-bond acceptors (Lipinski definition) is 3. The zero-order valence-electron chi connectivity index (χ0n) is 31.4. The lowest BCUT2D eigenvalue weighted by Gasteiger charge is -2.39. The van der Waals surface area contributed by atoms with E-state index in [4.69, 9.17) is 14.7 Å². The molecule has 3 heteroatoms. The summed E-state index contributed by atoms with van der Waals surface area (Å²) in [4.78, 5) is 10.5. The first-order valence-electron chi connectivity index (χ1n) is 19.8. The average molecular weight is 739 g/mol. The number of ether oxygens (including phenoxy) is 1. The van der Waals surface area contributed by atoms with Crippen LogP contribution < -0.4 is 4.74 Å². The topological polar surface area (TPSA) is 35.0 Å². The van der Waals surface area contributed by atoms with E-state index < -0.39 is 5.41 Å². The summed E-state index contributed by atoms with van der Waals surface area (Å²) in [6.07, 6.45) is 0. The van der Waals surface area contributed by atoms with E-state index >= 15 is 0 Å². The number of para-hydroxylation sites is 1. The van der Waals surface area contributed by atoms with E-state index in [2.05, 4.69) is 188 Å². The second-order valence-corrected chi connectivity index (χ2v) is 15.3. The minimum Gasteiger partial charge on any atom is -0.457 e. The van der Waals surface area contributed by atoms with E-state index in [0.717, 1.165) is 56.3 Å². The molecule has 270 valence electrons. The molecule has 1 spiro atoms. The lowest BCUT2D eigenvalue weighted by Crippen LogP contribution is -2.32. The van der Waals surface area contributed by atoms with Gasteiger partial charge in [0.25, 0.3) is 0 Å². The van der Waals surface area contributed by atoms with Crippen LogP contribution in [0.25, 0.3) is 77.7 Å². The van der Waals surface area contributed by atoms with Crippen LogP contribution in [0.1, 0.15) is 22.3 Å². The number of rotatable bonds is 4. The van der Waals surface area contributed by atoms with Gasteiger partial charge in [0.1, 0.15) is 11.5 Å². The maximum atomic E-state index is 6.87. The van der Waals surface area contributed by atoms with Gasteiger partial charge >= 0.3 is 0 Å². The molecule has 1 aliphatic carbocycles. The SMILES string of the molecule is c1ccc(-c2nc(-c3cccc(-c4cc5ccccc5c5ccccc45)c3)cc(-c3ccc4c(c3)Oc3ccccc3C43c4ccccc4-c4ccccc43)n2)cc1. The number of benzene rings is 9. The summed E-state index contributed by atoms with van der Waals surface area (Å²) in [5, 5.41) is 4.96. The Morgan fingerprint density at radius 3 is 1.67 bits per heavy atom. The molecule has 10 aromatic rings. The summed E-state index contributed by atoms with van der Waals surface area (Å²) in [5.41, 5.74) is 13.8. The third-order valence-corrected chi connectivity index (χ3v) is 12.1. The first-order chi connectivity index (χ1) is 28.7. The highest BCUT2D eigenvalue weighted by atomic mass is 16.5. The molecule has 1 aromatic heterocycles. The van der Waals surface area contributed by atoms with Crippen molar-refractivity contribution in [2.45, 2.75) is 5.41 Å². The van der Waals surface area contributed by atoms with Crippen molar-refractivity contribution >= 4 is 21.5 Å². The predicted octanol–water partition coefficient (Wildman–Crippen LogP) is 13.9. The van der Waals surface area contributed by atoms with Gasteiger partial charge in [-0.2, -0.15) is 0 Å². The molecule has 9 aromatic carbocycles. The van der Waals surface area contributed by atoms with E-state index in [0.29, 0.717) is 5.82 Å². The molecular weight excluding hydrogens is 705 g/mol. The van der Waals surface area contributed by atoms with E-state index in [-0.39, 0.29) is 0 Å². The van der Waals surface area contributed by atoms with Crippen LogP contribution in [0.4, 0.5) is 0 Å². The van der Waals surface area contributed by atoms with Gasteiger partial charge in [-0.25, -0.2) is 9.97 Å². The van der Waals surface area contributed by atoms with E-state index in [1.165, 1.54) is 49.4 Å². The molecule has 2 heterocycles. The monoisotopic (exact) mass is 738 g/mol. The molecule has 0 unspecified atom stereocenters. The molecule has 0 saturated heterocycles. The highest BCUT2D eigenvalue weighted by Gasteiger charge is 2.50. The van der Waals surface area contributed by atoms with Gasteiger partial charge in [-0.15, -0.1) is 0 Å². The highest BCUT2D eigenvalue weighted by Crippen LogP contribution is 2.62. The van der Waals surface area contributed by atoms with Crippen LogP contribution in [0.2, 0.25) is 0 Å². The highest BCUT2D eigenvalue weighted by molar-refractivity contribution is 6.13. The van der Waals surface area contributed by atoms with Crippen LogP contribution in [0, 0.1) is 0 Å². The summed E-state index contributed by atoms with van der Waals surface area (Å²) < 4.78 is 6.87. The van der Waals surface area contributed by atoms with Crippen LogP contribution in [0.15, 0.2) is 206 Å². The van der Waals surface area contributed by atoms with Crippen molar-refractivity contribution in [3.8, 4) is 67.7 Å². The van der Waals surface area contributed by atoms with Crippen molar-refractivity contribution in [2.75, 3.05) is 0 Å². The molecule has 2 aliphatic rings. The van der Waals surface area contributed by atoms with E-state index in [1.807, 2.05) is 18.2 Å². The van der Waals surface area contributed by atoms with Crippen molar-refractivity contribution in [1.29, 1.82) is 0 Å². The Labute approximate surface area is 336 Å². The smallest absolute Gasteiger partial charge is 0.160 e. The molecular formula is C55H34N2O. The van der Waals surface area contributed by atoms with Crippen molar-refractivity contribution < 1.29 is 4.74 Å². The summed E-state index contributed by atoms with van der Waals surface area (Å²) in [5.74, 6) is 2.37. The largest absolute Gasteiger partial charge is 0.457 e. The van der Waals surface area contributed by atoms with Gasteiger partial charge in [0, 0.05) is 27.8 Å². The summed E-state index contributed by atoms with van der Waals surface area (Å²) >= 11 is 0. The molecule has 0 fully saturated rings. The zero-order valence-corrected chi connectivity index (χ0v) is 31.4. The molecule has 0 N–H and O–H groups in total. The molecule has 58 heavy (non-hydrogen) atoms. The Kier molecular flexibility index (Phi) is 7.14. The second-order valence-electron chi connectivity index (χ2n) is 15.3. The van der Waals surface area contributed by atoms with E-state index in [1.54, 1.807) is 0 Å². The van der Waals surface area contributed by atoms with Crippen molar-refractivity contribution in [1.82, 2.24) is 9.97 Å². The van der Waals surface area contributed by atoms with Crippen molar-refractivity contribution in [3.05, 3.63) is 229 Å². The van der Waals surface area contributed by atoms with E-state index in [9.17, 15) is 0 Å². The third-order valence-electron chi connectivity index (χ3n) is 12.1. The Hall–Kier alpha value is -7.62. The third kappa shape index (κ3) is 4.80. The first kappa shape index (κ1) is 32.6. The Morgan fingerprint density at radius 1 is 0.328 bits per heavy atom. The molecule has 12 rings (SSSR count). The molecule has 0 amide bonds. The fourth-order valence-corrected chi connectivity index (χ4v) is 9.62. The van der Waals surface area contributed by atoms with Crippen LogP contribution in [-0.4, -0.2) is 9.97 Å². The van der Waals surface area contributed by atoms with Gasteiger partial charge in [-0.1, -0.05) is 176 Å². The first-order valence-corrected chi connectivity index (χ1v) is 19.8. The minimum absolute atomic E-state index is 0.519. The number of fused-ring (bicyclic) bond motifs is 12. The van der Waals surface area contributed by atoms with Gasteiger partial charge in [0.05, 0.1) is 16.8 Å². The van der Waals surface area contributed by atoms with Crippen LogP contribution in [-0.2, 0) is 5.41 Å². The molecule has 0 saturated carbocycles. The maximum absolute atomic E-state index is 6.87. The molecule has 0 bridgehead atoms. The summed E-state index contributed by atoms with van der Waals surface area (Å²) in [6, 6.07) is 73.6. The summed E-state index contributed by atoms with van der Waals surface area (Å²) in [7, 11) is 0. The van der Waals surface area contributed by atoms with Gasteiger partial charge in [-0.3, -0.25) is 0 Å². The number of hydrogen-bond donors (Lipinski definition) is 0. The Balaban J connectivity index is 1.04. The number of nitrogens with zero attached hydrogens (tertiary/aromatic N) is 2. The second kappa shape index (κ2) is 12.7. The standard InChI is InChI=1S/C55H34N2O/c1-2-15-35(16-3-1)54-56-50(38-19-14-18-36(31-38)45-32-37-17-4-5-20-40(37)41-21-6-7-22-42(41)45)34-51(57-54)39-29-30-49-53(33-39)58-52-28-13-12-27-48(52)55(49)46-25-10-8-23-43(46)44-24-9-11-26-47(44)55/h1-34H. The van der Waals surface area contributed by atoms with Gasteiger partial charge < -0.3 is 4.74 Å². The molecule has 0 radical (unpaired) electrons. The van der Waals surface area contributed by atoms with Gasteiger partial charge in [-0.05, 0) is 85.3 Å². The lowest BCUT2D eigenvalue weighted by atomic mass is 9.66.